The lowest BCUT2D eigenvalue weighted by Gasteiger charge is -2.24. The van der Waals surface area contributed by atoms with Crippen LogP contribution in [0.1, 0.15) is 41.4 Å². The largest absolute Gasteiger partial charge is 0.292 e. The second-order valence-electron chi connectivity index (χ2n) is 5.92. The molecular formula is C20H9ClO5. The van der Waals surface area contributed by atoms with Crippen molar-refractivity contribution < 1.29 is 24.0 Å². The molecule has 0 heterocycles. The van der Waals surface area contributed by atoms with Crippen LogP contribution in [0.15, 0.2) is 59.7 Å². The molecule has 0 bridgehead atoms. The third-order valence-electron chi connectivity index (χ3n) is 4.51. The highest BCUT2D eigenvalue weighted by Gasteiger charge is 2.44. The maximum atomic E-state index is 12.9. The summed E-state index contributed by atoms with van der Waals surface area (Å²) < 4.78 is 0. The fourth-order valence-corrected chi connectivity index (χ4v) is 3.59. The van der Waals surface area contributed by atoms with Gasteiger partial charge in [-0.1, -0.05) is 48.5 Å². The van der Waals surface area contributed by atoms with Crippen LogP contribution in [0.25, 0.3) is 0 Å². The van der Waals surface area contributed by atoms with Crippen molar-refractivity contribution in [2.45, 2.75) is 5.38 Å². The van der Waals surface area contributed by atoms with E-state index in [1.54, 1.807) is 18.2 Å². The Hall–Kier alpha value is -3.18. The van der Waals surface area contributed by atoms with E-state index in [0.717, 1.165) is 0 Å². The summed E-state index contributed by atoms with van der Waals surface area (Å²) in [7, 11) is 0. The van der Waals surface area contributed by atoms with Crippen molar-refractivity contribution >= 4 is 40.5 Å². The SMILES string of the molecule is O=C1C(=O)c2ccccc2C(=O)/C1=C1\C(=O)c2ccccc2C(=O)C1Cl. The van der Waals surface area contributed by atoms with Crippen LogP contribution < -0.4 is 0 Å². The molecule has 2 aliphatic rings. The van der Waals surface area contributed by atoms with Gasteiger partial charge in [-0.05, 0) is 0 Å². The maximum absolute atomic E-state index is 12.9. The van der Waals surface area contributed by atoms with Gasteiger partial charge in [0.2, 0.25) is 11.6 Å². The average molecular weight is 365 g/mol. The van der Waals surface area contributed by atoms with Gasteiger partial charge in [-0.15, -0.1) is 11.6 Å². The molecule has 0 radical (unpaired) electrons. The van der Waals surface area contributed by atoms with E-state index in [9.17, 15) is 24.0 Å². The van der Waals surface area contributed by atoms with Gasteiger partial charge in [0.15, 0.2) is 17.3 Å². The Balaban J connectivity index is 2.02. The Bertz CT molecular complexity index is 1090. The van der Waals surface area contributed by atoms with Gasteiger partial charge in [0.05, 0.1) is 5.57 Å². The van der Waals surface area contributed by atoms with Crippen LogP contribution in [0.4, 0.5) is 0 Å². The Kier molecular flexibility index (Phi) is 3.56. The first-order chi connectivity index (χ1) is 12.4. The van der Waals surface area contributed by atoms with E-state index in [-0.39, 0.29) is 22.3 Å². The zero-order valence-electron chi connectivity index (χ0n) is 13.1. The van der Waals surface area contributed by atoms with Gasteiger partial charge in [-0.25, -0.2) is 0 Å². The summed E-state index contributed by atoms with van der Waals surface area (Å²) in [6.45, 7) is 0. The van der Waals surface area contributed by atoms with Gasteiger partial charge < -0.3 is 0 Å². The van der Waals surface area contributed by atoms with Crippen LogP contribution in [0, 0.1) is 0 Å². The molecule has 0 saturated carbocycles. The number of hydrogen-bond donors (Lipinski definition) is 0. The highest BCUT2D eigenvalue weighted by atomic mass is 35.5. The van der Waals surface area contributed by atoms with E-state index in [1.165, 1.54) is 30.3 Å². The summed E-state index contributed by atoms with van der Waals surface area (Å²) in [5.41, 5.74) is -0.849. The molecule has 126 valence electrons. The highest BCUT2D eigenvalue weighted by Crippen LogP contribution is 2.34. The summed E-state index contributed by atoms with van der Waals surface area (Å²) in [6.07, 6.45) is 0. The number of rotatable bonds is 0. The van der Waals surface area contributed by atoms with Gasteiger partial charge in [-0.2, -0.15) is 0 Å². The molecule has 4 rings (SSSR count). The van der Waals surface area contributed by atoms with Crippen molar-refractivity contribution in [1.29, 1.82) is 0 Å². The molecule has 0 N–H and O–H groups in total. The zero-order valence-corrected chi connectivity index (χ0v) is 13.9. The number of ketones is 5. The summed E-state index contributed by atoms with van der Waals surface area (Å²) in [6, 6.07) is 11.9. The van der Waals surface area contributed by atoms with Crippen molar-refractivity contribution in [3.63, 3.8) is 0 Å². The van der Waals surface area contributed by atoms with E-state index in [1.807, 2.05) is 0 Å². The van der Waals surface area contributed by atoms with E-state index in [4.69, 9.17) is 11.6 Å². The van der Waals surface area contributed by atoms with E-state index < -0.39 is 45.4 Å². The Labute approximate surface area is 152 Å². The van der Waals surface area contributed by atoms with Crippen LogP contribution in [0.5, 0.6) is 0 Å². The first kappa shape index (κ1) is 16.3. The average Bonchev–Trinajstić information content (AvgIpc) is 2.67. The van der Waals surface area contributed by atoms with Crippen molar-refractivity contribution in [2.24, 2.45) is 0 Å². The summed E-state index contributed by atoms with van der Waals surface area (Å²) >= 11 is 6.15. The summed E-state index contributed by atoms with van der Waals surface area (Å²) in [5, 5.41) is -1.50. The lowest BCUT2D eigenvalue weighted by Crippen LogP contribution is -2.38. The molecular weight excluding hydrogens is 356 g/mol. The number of benzene rings is 2. The van der Waals surface area contributed by atoms with Crippen LogP contribution in [-0.2, 0) is 4.79 Å². The molecule has 0 aliphatic heterocycles. The molecule has 0 fully saturated rings. The third kappa shape index (κ3) is 2.07. The predicted molar refractivity (Wildman–Crippen MR) is 91.9 cm³/mol. The lowest BCUT2D eigenvalue weighted by atomic mass is 9.76. The number of fused-ring (bicyclic) bond motifs is 2. The molecule has 0 aromatic heterocycles. The number of halogens is 1. The molecule has 6 heteroatoms. The first-order valence-electron chi connectivity index (χ1n) is 7.72. The first-order valence-corrected chi connectivity index (χ1v) is 8.16. The standard InChI is InChI=1S/C20H9ClO5/c21-15-13(16(22)9-5-1-3-7-11(9)18(15)24)14-17(23)10-6-2-4-8-12(10)19(25)20(14)26/h1-8,15H/b14-13+. The van der Waals surface area contributed by atoms with Crippen molar-refractivity contribution in [3.05, 3.63) is 81.9 Å². The number of carbonyl (C=O) groups is 5. The van der Waals surface area contributed by atoms with Crippen LogP contribution in [0.3, 0.4) is 0 Å². The quantitative estimate of drug-likeness (QED) is 0.310. The van der Waals surface area contributed by atoms with E-state index in [0.29, 0.717) is 0 Å². The molecule has 2 aromatic rings. The smallest absolute Gasteiger partial charge is 0.237 e. The Morgan fingerprint density at radius 2 is 1.04 bits per heavy atom. The molecule has 0 amide bonds. The molecule has 2 aromatic carbocycles. The van der Waals surface area contributed by atoms with Gasteiger partial charge in [0.25, 0.3) is 0 Å². The lowest BCUT2D eigenvalue weighted by molar-refractivity contribution is -0.111. The van der Waals surface area contributed by atoms with Gasteiger partial charge in [0.1, 0.15) is 5.38 Å². The van der Waals surface area contributed by atoms with Crippen molar-refractivity contribution in [3.8, 4) is 0 Å². The maximum Gasteiger partial charge on any atom is 0.237 e. The minimum atomic E-state index is -1.50. The molecule has 0 saturated heterocycles. The minimum absolute atomic E-state index is 0.0163. The molecule has 0 spiro atoms. The number of hydrogen-bond acceptors (Lipinski definition) is 5. The van der Waals surface area contributed by atoms with Gasteiger partial charge >= 0.3 is 0 Å². The topological polar surface area (TPSA) is 85.3 Å². The van der Waals surface area contributed by atoms with Crippen LogP contribution in [0.2, 0.25) is 0 Å². The molecule has 1 atom stereocenters. The monoisotopic (exact) mass is 364 g/mol. The summed E-state index contributed by atoms with van der Waals surface area (Å²) in [4.78, 5) is 63.2. The summed E-state index contributed by atoms with van der Waals surface area (Å²) in [5.74, 6) is -4.06. The second kappa shape index (κ2) is 5.68. The van der Waals surface area contributed by atoms with Gasteiger partial charge in [0, 0.05) is 27.8 Å². The molecule has 1 unspecified atom stereocenters. The van der Waals surface area contributed by atoms with E-state index >= 15 is 0 Å². The number of alkyl halides is 1. The Morgan fingerprint density at radius 1 is 0.577 bits per heavy atom. The number of Topliss-reactive ketones (excluding diaryl/α,β-unsaturated/α-hetero) is 5. The zero-order chi connectivity index (χ0) is 18.6. The van der Waals surface area contributed by atoms with Crippen molar-refractivity contribution in [1.82, 2.24) is 0 Å². The second-order valence-corrected chi connectivity index (χ2v) is 6.36. The fraction of sp³-hybridized carbons (Fsp3) is 0.0500. The normalized spacial score (nSPS) is 22.3. The number of allylic oxidation sites excluding steroid dienone is 2. The predicted octanol–water partition coefficient (Wildman–Crippen LogP) is 2.62. The molecule has 5 nitrogen and oxygen atoms in total. The highest BCUT2D eigenvalue weighted by molar-refractivity contribution is 6.61. The fourth-order valence-electron chi connectivity index (χ4n) is 3.26. The van der Waals surface area contributed by atoms with Gasteiger partial charge in [-0.3, -0.25) is 24.0 Å². The van der Waals surface area contributed by atoms with Crippen LogP contribution in [-0.4, -0.2) is 34.3 Å². The Morgan fingerprint density at radius 3 is 1.62 bits per heavy atom. The van der Waals surface area contributed by atoms with E-state index in [2.05, 4.69) is 0 Å². The molecule has 2 aliphatic carbocycles. The van der Waals surface area contributed by atoms with Crippen LogP contribution >= 0.6 is 11.6 Å². The third-order valence-corrected chi connectivity index (χ3v) is 4.93. The number of carbonyl (C=O) groups excluding carboxylic acids is 5. The minimum Gasteiger partial charge on any atom is -0.292 e. The molecule has 26 heavy (non-hydrogen) atoms. The van der Waals surface area contributed by atoms with Crippen molar-refractivity contribution in [2.75, 3.05) is 0 Å².